The van der Waals surface area contributed by atoms with Gasteiger partial charge in [-0.2, -0.15) is 0 Å². The lowest BCUT2D eigenvalue weighted by molar-refractivity contribution is 0.138. The highest BCUT2D eigenvalue weighted by Gasteiger charge is 2.25. The Morgan fingerprint density at radius 1 is 1.30 bits per heavy atom. The first kappa shape index (κ1) is 16.7. The van der Waals surface area contributed by atoms with Gasteiger partial charge in [0.1, 0.15) is 12.9 Å². The van der Waals surface area contributed by atoms with Crippen LogP contribution in [0.1, 0.15) is 19.4 Å². The molecule has 0 fully saturated rings. The van der Waals surface area contributed by atoms with E-state index in [0.717, 1.165) is 5.56 Å². The van der Waals surface area contributed by atoms with Gasteiger partial charge in [-0.05, 0) is 19.4 Å². The Balaban J connectivity index is 2.37. The van der Waals surface area contributed by atoms with Crippen LogP contribution in [0.2, 0.25) is 0 Å². The average molecular weight is 301 g/mol. The molecule has 0 heterocycles. The van der Waals surface area contributed by atoms with Crippen molar-refractivity contribution in [3.8, 4) is 0 Å². The molecule has 1 atom stereocenters. The van der Waals surface area contributed by atoms with Crippen LogP contribution >= 0.6 is 7.60 Å². The van der Waals surface area contributed by atoms with Crippen LogP contribution in [-0.2, 0) is 25.0 Å². The Labute approximate surface area is 119 Å². The molecule has 0 saturated heterocycles. The number of carbonyl (C=O) groups excluding carboxylic acids is 1. The summed E-state index contributed by atoms with van der Waals surface area (Å²) in [5.41, 5.74) is 0.871. The molecule has 0 aromatic heterocycles. The Morgan fingerprint density at radius 2 is 1.95 bits per heavy atom. The summed E-state index contributed by atoms with van der Waals surface area (Å²) < 4.78 is 27.0. The highest BCUT2D eigenvalue weighted by molar-refractivity contribution is 7.53. The van der Waals surface area contributed by atoms with Crippen molar-refractivity contribution >= 4 is 13.7 Å². The molecular formula is C13H20NO5P. The maximum Gasteiger partial charge on any atom is 0.408 e. The van der Waals surface area contributed by atoms with Gasteiger partial charge in [0.25, 0.3) is 0 Å². The summed E-state index contributed by atoms with van der Waals surface area (Å²) in [7, 11) is -2.04. The zero-order valence-corrected chi connectivity index (χ0v) is 12.8. The van der Waals surface area contributed by atoms with E-state index in [9.17, 15) is 9.36 Å². The van der Waals surface area contributed by atoms with Crippen molar-refractivity contribution in [3.63, 3.8) is 0 Å². The average Bonchev–Trinajstić information content (AvgIpc) is 2.43. The summed E-state index contributed by atoms with van der Waals surface area (Å²) in [5.74, 6) is 0. The fraction of sp³-hybridized carbons (Fsp3) is 0.462. The number of rotatable bonds is 7. The van der Waals surface area contributed by atoms with E-state index in [-0.39, 0.29) is 19.0 Å². The van der Waals surface area contributed by atoms with Crippen LogP contribution in [0.15, 0.2) is 30.3 Å². The van der Waals surface area contributed by atoms with Gasteiger partial charge in [-0.25, -0.2) is 4.79 Å². The second kappa shape index (κ2) is 8.04. The van der Waals surface area contributed by atoms with E-state index in [2.05, 4.69) is 5.32 Å². The van der Waals surface area contributed by atoms with Crippen LogP contribution in [0.25, 0.3) is 0 Å². The third-order valence-electron chi connectivity index (χ3n) is 2.28. The van der Waals surface area contributed by atoms with Crippen molar-refractivity contribution in [2.45, 2.75) is 26.6 Å². The number of benzene rings is 1. The molecule has 0 aliphatic heterocycles. The first-order valence-electron chi connectivity index (χ1n) is 6.23. The van der Waals surface area contributed by atoms with Crippen molar-refractivity contribution in [2.75, 3.05) is 13.4 Å². The predicted molar refractivity (Wildman–Crippen MR) is 75.5 cm³/mol. The normalized spacial score (nSPS) is 13.8. The first-order valence-corrected chi connectivity index (χ1v) is 7.96. The predicted octanol–water partition coefficient (Wildman–Crippen LogP) is 3.13. The van der Waals surface area contributed by atoms with E-state index in [1.54, 1.807) is 13.8 Å². The van der Waals surface area contributed by atoms with E-state index in [4.69, 9.17) is 13.8 Å². The molecule has 0 aliphatic rings. The molecule has 1 N–H and O–H groups in total. The number of nitrogens with one attached hydrogen (secondary N) is 1. The van der Waals surface area contributed by atoms with Crippen molar-refractivity contribution in [3.05, 3.63) is 35.9 Å². The molecular weight excluding hydrogens is 281 g/mol. The molecule has 1 unspecified atom stereocenters. The fourth-order valence-electron chi connectivity index (χ4n) is 1.40. The minimum absolute atomic E-state index is 0.148. The zero-order valence-electron chi connectivity index (χ0n) is 11.9. The van der Waals surface area contributed by atoms with E-state index in [0.29, 0.717) is 0 Å². The molecule has 1 amide bonds. The van der Waals surface area contributed by atoms with Gasteiger partial charge in [0.2, 0.25) is 0 Å². The number of hydrogen-bond acceptors (Lipinski definition) is 5. The minimum Gasteiger partial charge on any atom is -0.445 e. The molecule has 112 valence electrons. The lowest BCUT2D eigenvalue weighted by Crippen LogP contribution is -2.26. The van der Waals surface area contributed by atoms with Crippen LogP contribution < -0.4 is 5.32 Å². The number of hydrogen-bond donors (Lipinski definition) is 1. The molecule has 0 bridgehead atoms. The molecule has 1 rings (SSSR count). The van der Waals surface area contributed by atoms with E-state index in [1.807, 2.05) is 30.3 Å². The highest BCUT2D eigenvalue weighted by Crippen LogP contribution is 2.47. The Morgan fingerprint density at radius 3 is 2.50 bits per heavy atom. The summed E-state index contributed by atoms with van der Waals surface area (Å²) in [5, 5.41) is 2.38. The summed E-state index contributed by atoms with van der Waals surface area (Å²) >= 11 is 0. The number of carbonyl (C=O) groups is 1. The van der Waals surface area contributed by atoms with E-state index < -0.39 is 13.7 Å². The lowest BCUT2D eigenvalue weighted by Gasteiger charge is -2.18. The van der Waals surface area contributed by atoms with Crippen molar-refractivity contribution < 1.29 is 23.1 Å². The number of ether oxygens (including phenoxy) is 1. The number of amides is 1. The third-order valence-corrected chi connectivity index (χ3v) is 4.12. The Kier molecular flexibility index (Phi) is 6.71. The molecule has 0 spiro atoms. The largest absolute Gasteiger partial charge is 0.445 e. The van der Waals surface area contributed by atoms with Gasteiger partial charge in [0.05, 0.1) is 6.10 Å². The smallest absolute Gasteiger partial charge is 0.408 e. The lowest BCUT2D eigenvalue weighted by atomic mass is 10.2. The summed E-state index contributed by atoms with van der Waals surface area (Å²) in [6, 6.07) is 9.27. The fourth-order valence-corrected chi connectivity index (χ4v) is 2.66. The summed E-state index contributed by atoms with van der Waals surface area (Å²) in [6.45, 7) is 3.62. The maximum absolute atomic E-state index is 12.1. The minimum atomic E-state index is -3.32. The van der Waals surface area contributed by atoms with Gasteiger partial charge in [-0.15, -0.1) is 0 Å². The second-order valence-corrected chi connectivity index (χ2v) is 6.46. The van der Waals surface area contributed by atoms with Crippen LogP contribution in [0, 0.1) is 0 Å². The summed E-state index contributed by atoms with van der Waals surface area (Å²) in [4.78, 5) is 11.5. The van der Waals surface area contributed by atoms with Gasteiger partial charge >= 0.3 is 13.7 Å². The molecule has 20 heavy (non-hydrogen) atoms. The quantitative estimate of drug-likeness (QED) is 0.783. The molecule has 0 saturated carbocycles. The highest BCUT2D eigenvalue weighted by atomic mass is 31.2. The van der Waals surface area contributed by atoms with Crippen molar-refractivity contribution in [2.24, 2.45) is 0 Å². The van der Waals surface area contributed by atoms with Crippen LogP contribution in [0.4, 0.5) is 4.79 Å². The number of alkyl carbamates (subject to hydrolysis) is 1. The monoisotopic (exact) mass is 301 g/mol. The summed E-state index contributed by atoms with van der Waals surface area (Å²) in [6.07, 6.45) is -1.16. The molecule has 0 aliphatic carbocycles. The van der Waals surface area contributed by atoms with E-state index in [1.165, 1.54) is 7.11 Å². The molecule has 0 radical (unpaired) electrons. The van der Waals surface area contributed by atoms with Gasteiger partial charge in [0.15, 0.2) is 0 Å². The maximum atomic E-state index is 12.1. The molecule has 1 aromatic carbocycles. The van der Waals surface area contributed by atoms with Crippen LogP contribution in [0.3, 0.4) is 0 Å². The van der Waals surface area contributed by atoms with Crippen molar-refractivity contribution in [1.82, 2.24) is 5.32 Å². The third kappa shape index (κ3) is 6.19. The molecule has 1 aromatic rings. The van der Waals surface area contributed by atoms with Gasteiger partial charge in [-0.1, -0.05) is 30.3 Å². The van der Waals surface area contributed by atoms with Gasteiger partial charge in [-0.3, -0.25) is 4.57 Å². The Hall–Kier alpha value is -1.36. The first-order chi connectivity index (χ1) is 9.45. The Bertz CT molecular complexity index is 463. The van der Waals surface area contributed by atoms with Crippen molar-refractivity contribution in [1.29, 1.82) is 0 Å². The SMILES string of the molecule is COP(=O)(CNC(=O)OCc1ccccc1)OC(C)C. The standard InChI is InChI=1S/C13H20NO5P/c1-11(2)19-20(16,17-3)10-14-13(15)18-9-12-7-5-4-6-8-12/h4-8,11H,9-10H2,1-3H3,(H,14,15). The van der Waals surface area contributed by atoms with E-state index >= 15 is 0 Å². The van der Waals surface area contributed by atoms with Crippen LogP contribution in [0.5, 0.6) is 0 Å². The van der Waals surface area contributed by atoms with Gasteiger partial charge < -0.3 is 19.1 Å². The molecule has 7 heteroatoms. The van der Waals surface area contributed by atoms with Crippen LogP contribution in [-0.4, -0.2) is 25.6 Å². The molecule has 6 nitrogen and oxygen atoms in total. The van der Waals surface area contributed by atoms with Gasteiger partial charge in [0, 0.05) is 7.11 Å². The second-order valence-electron chi connectivity index (χ2n) is 4.34. The zero-order chi connectivity index (χ0) is 15.0. The topological polar surface area (TPSA) is 73.9 Å².